The molecular weight excluding hydrogens is 342 g/mol. The standard InChI is InChI=1S/C14H14BrNO5/c15-10-3-7(4-11-12(10)21-2-1-20-11)6-16-13(17)8-5-9(8)14(18)19/h3-4,8-9H,1-2,5-6H2,(H,16,17)(H,18,19). The summed E-state index contributed by atoms with van der Waals surface area (Å²) in [5, 5.41) is 11.6. The van der Waals surface area contributed by atoms with Crippen LogP contribution in [0.5, 0.6) is 11.5 Å². The van der Waals surface area contributed by atoms with Gasteiger partial charge in [0.1, 0.15) is 13.2 Å². The van der Waals surface area contributed by atoms with E-state index >= 15 is 0 Å². The predicted molar refractivity (Wildman–Crippen MR) is 76.2 cm³/mol. The van der Waals surface area contributed by atoms with Gasteiger partial charge in [0.25, 0.3) is 0 Å². The predicted octanol–water partition coefficient (Wildman–Crippen LogP) is 1.56. The number of fused-ring (bicyclic) bond motifs is 1. The van der Waals surface area contributed by atoms with E-state index in [4.69, 9.17) is 14.6 Å². The van der Waals surface area contributed by atoms with Crippen molar-refractivity contribution < 1.29 is 24.2 Å². The lowest BCUT2D eigenvalue weighted by atomic mass is 10.2. The van der Waals surface area contributed by atoms with Crippen LogP contribution in [0.15, 0.2) is 16.6 Å². The third-order valence-corrected chi connectivity index (χ3v) is 4.16. The zero-order valence-electron chi connectivity index (χ0n) is 11.1. The van der Waals surface area contributed by atoms with Crippen LogP contribution in [0, 0.1) is 11.8 Å². The molecule has 21 heavy (non-hydrogen) atoms. The molecule has 2 unspecified atom stereocenters. The number of amides is 1. The molecule has 0 spiro atoms. The van der Waals surface area contributed by atoms with E-state index in [1.165, 1.54) is 0 Å². The van der Waals surface area contributed by atoms with Gasteiger partial charge >= 0.3 is 5.97 Å². The lowest BCUT2D eigenvalue weighted by Crippen LogP contribution is -2.26. The van der Waals surface area contributed by atoms with Crippen LogP contribution in [0.1, 0.15) is 12.0 Å². The van der Waals surface area contributed by atoms with Crippen molar-refractivity contribution in [1.82, 2.24) is 5.32 Å². The van der Waals surface area contributed by atoms with Crippen LogP contribution in [-0.2, 0) is 16.1 Å². The summed E-state index contributed by atoms with van der Waals surface area (Å²) in [7, 11) is 0. The van der Waals surface area contributed by atoms with E-state index < -0.39 is 17.8 Å². The van der Waals surface area contributed by atoms with Crippen molar-refractivity contribution in [3.05, 3.63) is 22.2 Å². The monoisotopic (exact) mass is 355 g/mol. The smallest absolute Gasteiger partial charge is 0.307 e. The summed E-state index contributed by atoms with van der Waals surface area (Å²) in [6, 6.07) is 3.68. The second-order valence-electron chi connectivity index (χ2n) is 5.11. The number of benzene rings is 1. The Balaban J connectivity index is 1.62. The third kappa shape index (κ3) is 2.97. The molecule has 112 valence electrons. The van der Waals surface area contributed by atoms with Crippen LogP contribution in [0.4, 0.5) is 0 Å². The molecule has 6 nitrogen and oxygen atoms in total. The number of hydrogen-bond donors (Lipinski definition) is 2. The highest BCUT2D eigenvalue weighted by Crippen LogP contribution is 2.40. The number of carbonyl (C=O) groups is 2. The molecule has 2 atom stereocenters. The van der Waals surface area contributed by atoms with Gasteiger partial charge in [-0.2, -0.15) is 0 Å². The van der Waals surface area contributed by atoms with Gasteiger partial charge in [-0.3, -0.25) is 9.59 Å². The molecule has 0 radical (unpaired) electrons. The molecule has 0 bridgehead atoms. The molecule has 2 N–H and O–H groups in total. The lowest BCUT2D eigenvalue weighted by molar-refractivity contribution is -0.140. The van der Waals surface area contributed by atoms with Gasteiger partial charge in [-0.15, -0.1) is 0 Å². The number of nitrogens with one attached hydrogen (secondary N) is 1. The average Bonchev–Trinajstić information content (AvgIpc) is 3.25. The molecule has 1 fully saturated rings. The Morgan fingerprint density at radius 3 is 2.76 bits per heavy atom. The molecule has 1 aromatic rings. The van der Waals surface area contributed by atoms with Crippen molar-refractivity contribution in [1.29, 1.82) is 0 Å². The highest BCUT2D eigenvalue weighted by atomic mass is 79.9. The van der Waals surface area contributed by atoms with E-state index in [9.17, 15) is 9.59 Å². The van der Waals surface area contributed by atoms with Crippen molar-refractivity contribution in [2.45, 2.75) is 13.0 Å². The third-order valence-electron chi connectivity index (χ3n) is 3.57. The summed E-state index contributed by atoms with van der Waals surface area (Å²) in [4.78, 5) is 22.6. The molecule has 1 saturated carbocycles. The first kappa shape index (κ1) is 14.2. The zero-order valence-corrected chi connectivity index (χ0v) is 12.7. The van der Waals surface area contributed by atoms with E-state index in [2.05, 4.69) is 21.2 Å². The molecule has 1 heterocycles. The maximum Gasteiger partial charge on any atom is 0.307 e. The average molecular weight is 356 g/mol. The van der Waals surface area contributed by atoms with E-state index in [1.807, 2.05) is 12.1 Å². The number of carboxylic acids is 1. The van der Waals surface area contributed by atoms with Crippen molar-refractivity contribution >= 4 is 27.8 Å². The lowest BCUT2D eigenvalue weighted by Gasteiger charge is -2.20. The molecule has 1 aliphatic carbocycles. The van der Waals surface area contributed by atoms with E-state index in [-0.39, 0.29) is 5.91 Å². The van der Waals surface area contributed by atoms with Crippen LogP contribution in [0.25, 0.3) is 0 Å². The number of aliphatic carboxylic acids is 1. The van der Waals surface area contributed by atoms with Gasteiger partial charge in [-0.25, -0.2) is 0 Å². The Labute approximate surface area is 129 Å². The summed E-state index contributed by atoms with van der Waals surface area (Å²) in [6.45, 7) is 1.34. The van der Waals surface area contributed by atoms with Crippen LogP contribution < -0.4 is 14.8 Å². The highest BCUT2D eigenvalue weighted by molar-refractivity contribution is 9.10. The Bertz CT molecular complexity index is 603. The first-order valence-electron chi connectivity index (χ1n) is 6.65. The second kappa shape index (κ2) is 5.55. The van der Waals surface area contributed by atoms with Crippen molar-refractivity contribution in [2.75, 3.05) is 13.2 Å². The Hall–Kier alpha value is -1.76. The highest BCUT2D eigenvalue weighted by Gasteiger charge is 2.48. The Kier molecular flexibility index (Phi) is 3.75. The zero-order chi connectivity index (χ0) is 15.0. The summed E-state index contributed by atoms with van der Waals surface area (Å²) in [5.74, 6) is -0.732. The van der Waals surface area contributed by atoms with Gasteiger partial charge in [0.15, 0.2) is 11.5 Å². The Morgan fingerprint density at radius 2 is 2.05 bits per heavy atom. The maximum absolute atomic E-state index is 11.8. The minimum absolute atomic E-state index is 0.214. The van der Waals surface area contributed by atoms with Crippen molar-refractivity contribution in [3.63, 3.8) is 0 Å². The minimum Gasteiger partial charge on any atom is -0.486 e. The number of rotatable bonds is 4. The van der Waals surface area contributed by atoms with Gasteiger partial charge in [-0.1, -0.05) is 0 Å². The summed E-state index contributed by atoms with van der Waals surface area (Å²) in [5.41, 5.74) is 0.868. The topological polar surface area (TPSA) is 84.9 Å². The van der Waals surface area contributed by atoms with E-state index in [0.29, 0.717) is 37.7 Å². The van der Waals surface area contributed by atoms with Gasteiger partial charge in [0.2, 0.25) is 5.91 Å². The van der Waals surface area contributed by atoms with Crippen molar-refractivity contribution in [2.24, 2.45) is 11.8 Å². The van der Waals surface area contributed by atoms with Gasteiger partial charge in [0.05, 0.1) is 16.3 Å². The largest absolute Gasteiger partial charge is 0.486 e. The number of hydrogen-bond acceptors (Lipinski definition) is 4. The second-order valence-corrected chi connectivity index (χ2v) is 5.96. The number of carbonyl (C=O) groups excluding carboxylic acids is 1. The molecule has 0 saturated heterocycles. The van der Waals surface area contributed by atoms with Crippen LogP contribution in [0.2, 0.25) is 0 Å². The molecule has 7 heteroatoms. The number of halogens is 1. The van der Waals surface area contributed by atoms with Gasteiger partial charge in [0, 0.05) is 6.54 Å². The fraction of sp³-hybridized carbons (Fsp3) is 0.429. The summed E-state index contributed by atoms with van der Waals surface area (Å²) < 4.78 is 11.8. The summed E-state index contributed by atoms with van der Waals surface area (Å²) in [6.07, 6.45) is 0.423. The molecule has 3 rings (SSSR count). The maximum atomic E-state index is 11.8. The molecule has 1 amide bonds. The number of carboxylic acid groups (broad SMARTS) is 1. The number of ether oxygens (including phenoxy) is 2. The summed E-state index contributed by atoms with van der Waals surface area (Å²) >= 11 is 3.41. The normalized spacial score (nSPS) is 22.5. The van der Waals surface area contributed by atoms with E-state index in [1.54, 1.807) is 0 Å². The van der Waals surface area contributed by atoms with Gasteiger partial charge < -0.3 is 19.9 Å². The molecule has 1 aromatic carbocycles. The molecule has 1 aliphatic heterocycles. The van der Waals surface area contributed by atoms with Crippen LogP contribution in [-0.4, -0.2) is 30.2 Å². The SMILES string of the molecule is O=C(O)C1CC1C(=O)NCc1cc(Br)c2c(c1)OCCO2. The van der Waals surface area contributed by atoms with Crippen LogP contribution in [0.3, 0.4) is 0 Å². The van der Waals surface area contributed by atoms with E-state index in [0.717, 1.165) is 10.0 Å². The molecule has 2 aliphatic rings. The molecular formula is C14H14BrNO5. The first-order valence-corrected chi connectivity index (χ1v) is 7.44. The Morgan fingerprint density at radius 1 is 1.29 bits per heavy atom. The fourth-order valence-corrected chi connectivity index (χ4v) is 2.95. The minimum atomic E-state index is -0.905. The quantitative estimate of drug-likeness (QED) is 0.855. The van der Waals surface area contributed by atoms with Crippen molar-refractivity contribution in [3.8, 4) is 11.5 Å². The molecule has 0 aromatic heterocycles. The van der Waals surface area contributed by atoms with Gasteiger partial charge in [-0.05, 0) is 40.0 Å². The van der Waals surface area contributed by atoms with Crippen LogP contribution >= 0.6 is 15.9 Å². The fourth-order valence-electron chi connectivity index (χ4n) is 2.34. The first-order chi connectivity index (χ1) is 10.1.